The van der Waals surface area contributed by atoms with Crippen molar-refractivity contribution in [1.82, 2.24) is 10.1 Å². The largest absolute Gasteiger partial charge is 0.383 e. The van der Waals surface area contributed by atoms with Gasteiger partial charge in [0.05, 0.1) is 6.61 Å². The van der Waals surface area contributed by atoms with E-state index in [0.29, 0.717) is 44.4 Å². The topological polar surface area (TPSA) is 92.6 Å². The van der Waals surface area contributed by atoms with Crippen LogP contribution in [0.3, 0.4) is 0 Å². The van der Waals surface area contributed by atoms with Gasteiger partial charge >= 0.3 is 0 Å². The zero-order valence-corrected chi connectivity index (χ0v) is 10.7. The molecule has 7 nitrogen and oxygen atoms in total. The molecule has 1 fully saturated rings. The van der Waals surface area contributed by atoms with Crippen LogP contribution in [0.4, 0.5) is 0 Å². The second-order valence-electron chi connectivity index (χ2n) is 4.33. The fourth-order valence-electron chi connectivity index (χ4n) is 2.04. The van der Waals surface area contributed by atoms with Crippen LogP contribution in [-0.2, 0) is 19.8 Å². The summed E-state index contributed by atoms with van der Waals surface area (Å²) in [5.41, 5.74) is 5.33. The second kappa shape index (κ2) is 5.75. The summed E-state index contributed by atoms with van der Waals surface area (Å²) in [4.78, 5) is 4.33. The fraction of sp³-hybridized carbons (Fsp3) is 0.818. The van der Waals surface area contributed by atoms with Gasteiger partial charge in [-0.3, -0.25) is 0 Å². The maximum absolute atomic E-state index is 5.85. The van der Waals surface area contributed by atoms with Crippen LogP contribution in [-0.4, -0.2) is 44.2 Å². The summed E-state index contributed by atoms with van der Waals surface area (Å²) in [5, 5.41) is 3.98. The highest BCUT2D eigenvalue weighted by atomic mass is 16.5. The van der Waals surface area contributed by atoms with Crippen molar-refractivity contribution in [2.45, 2.75) is 24.5 Å². The Morgan fingerprint density at radius 2 is 2.11 bits per heavy atom. The van der Waals surface area contributed by atoms with Gasteiger partial charge in [0.15, 0.2) is 0 Å². The molecule has 7 heteroatoms. The van der Waals surface area contributed by atoms with Crippen molar-refractivity contribution in [3.8, 4) is 0 Å². The lowest BCUT2D eigenvalue weighted by molar-refractivity contribution is -0.101. The van der Waals surface area contributed by atoms with Crippen LogP contribution in [0.25, 0.3) is 0 Å². The van der Waals surface area contributed by atoms with Crippen molar-refractivity contribution in [3.05, 3.63) is 11.7 Å². The molecule has 1 aromatic rings. The molecule has 0 aromatic carbocycles. The molecule has 18 heavy (non-hydrogen) atoms. The molecular formula is C11H19N3O4. The summed E-state index contributed by atoms with van der Waals surface area (Å²) in [6, 6.07) is -0.412. The van der Waals surface area contributed by atoms with E-state index in [1.54, 1.807) is 14.2 Å². The Bertz CT molecular complexity index is 376. The van der Waals surface area contributed by atoms with Gasteiger partial charge in [0.25, 0.3) is 0 Å². The van der Waals surface area contributed by atoms with Crippen molar-refractivity contribution in [2.75, 3.05) is 34.0 Å². The monoisotopic (exact) mass is 257 g/mol. The summed E-state index contributed by atoms with van der Waals surface area (Å²) >= 11 is 0. The number of aromatic nitrogens is 2. The molecule has 102 valence electrons. The molecule has 1 aromatic heterocycles. The van der Waals surface area contributed by atoms with E-state index >= 15 is 0 Å². The summed E-state index contributed by atoms with van der Waals surface area (Å²) in [7, 11) is 3.22. The zero-order valence-electron chi connectivity index (χ0n) is 10.7. The highest BCUT2D eigenvalue weighted by Gasteiger charge is 2.39. The summed E-state index contributed by atoms with van der Waals surface area (Å²) < 4.78 is 21.0. The lowest BCUT2D eigenvalue weighted by atomic mass is 9.93. The Morgan fingerprint density at radius 3 is 2.72 bits per heavy atom. The van der Waals surface area contributed by atoms with E-state index in [4.69, 9.17) is 24.5 Å². The van der Waals surface area contributed by atoms with E-state index < -0.39 is 11.6 Å². The lowest BCUT2D eigenvalue weighted by Crippen LogP contribution is -2.36. The smallest absolute Gasteiger partial charge is 0.246 e. The summed E-state index contributed by atoms with van der Waals surface area (Å²) in [6.45, 7) is 1.59. The molecule has 0 radical (unpaired) electrons. The second-order valence-corrected chi connectivity index (χ2v) is 4.33. The first-order valence-electron chi connectivity index (χ1n) is 5.93. The molecule has 0 bridgehead atoms. The fourth-order valence-corrected chi connectivity index (χ4v) is 2.04. The number of nitrogens with two attached hydrogens (primary N) is 1. The van der Waals surface area contributed by atoms with Crippen LogP contribution < -0.4 is 5.73 Å². The number of hydrogen-bond donors (Lipinski definition) is 1. The van der Waals surface area contributed by atoms with Gasteiger partial charge in [-0.05, 0) is 0 Å². The number of methoxy groups -OCH3 is 2. The van der Waals surface area contributed by atoms with Gasteiger partial charge in [0.1, 0.15) is 11.6 Å². The molecular weight excluding hydrogens is 238 g/mol. The summed E-state index contributed by atoms with van der Waals surface area (Å²) in [6.07, 6.45) is 1.42. The number of rotatable bonds is 5. The van der Waals surface area contributed by atoms with Gasteiger partial charge in [0.2, 0.25) is 11.7 Å². The third kappa shape index (κ3) is 2.54. The van der Waals surface area contributed by atoms with Gasteiger partial charge < -0.3 is 24.5 Å². The van der Waals surface area contributed by atoms with E-state index in [1.165, 1.54) is 0 Å². The Kier molecular flexibility index (Phi) is 4.28. The minimum absolute atomic E-state index is 0.338. The molecule has 1 saturated heterocycles. The van der Waals surface area contributed by atoms with Crippen molar-refractivity contribution >= 4 is 0 Å². The van der Waals surface area contributed by atoms with Crippen molar-refractivity contribution in [1.29, 1.82) is 0 Å². The number of ether oxygens (including phenoxy) is 3. The summed E-state index contributed by atoms with van der Waals surface area (Å²) in [5.74, 6) is 0.907. The molecule has 0 aliphatic carbocycles. The van der Waals surface area contributed by atoms with Crippen LogP contribution in [0.1, 0.15) is 30.6 Å². The molecule has 1 atom stereocenters. The van der Waals surface area contributed by atoms with E-state index in [1.807, 2.05) is 0 Å². The average Bonchev–Trinajstić information content (AvgIpc) is 2.90. The highest BCUT2D eigenvalue weighted by molar-refractivity contribution is 5.04. The highest BCUT2D eigenvalue weighted by Crippen LogP contribution is 2.33. The van der Waals surface area contributed by atoms with Crippen molar-refractivity contribution < 1.29 is 18.7 Å². The van der Waals surface area contributed by atoms with Crippen LogP contribution in [0, 0.1) is 0 Å². The Morgan fingerprint density at radius 1 is 1.39 bits per heavy atom. The molecule has 2 N–H and O–H groups in total. The minimum Gasteiger partial charge on any atom is -0.383 e. The molecule has 0 spiro atoms. The first kappa shape index (κ1) is 13.4. The van der Waals surface area contributed by atoms with Crippen molar-refractivity contribution in [2.24, 2.45) is 5.73 Å². The quantitative estimate of drug-likeness (QED) is 0.814. The lowest BCUT2D eigenvalue weighted by Gasteiger charge is -2.32. The average molecular weight is 257 g/mol. The van der Waals surface area contributed by atoms with Gasteiger partial charge in [-0.2, -0.15) is 4.98 Å². The van der Waals surface area contributed by atoms with E-state index in [0.717, 1.165) is 0 Å². The maximum Gasteiger partial charge on any atom is 0.246 e. The minimum atomic E-state index is -0.521. The maximum atomic E-state index is 5.85. The van der Waals surface area contributed by atoms with E-state index in [2.05, 4.69) is 10.1 Å². The molecule has 0 amide bonds. The Labute approximate surface area is 106 Å². The first-order chi connectivity index (χ1) is 8.72. The van der Waals surface area contributed by atoms with Gasteiger partial charge in [-0.25, -0.2) is 0 Å². The Balaban J connectivity index is 2.16. The van der Waals surface area contributed by atoms with Crippen LogP contribution in [0.15, 0.2) is 4.52 Å². The molecule has 1 aliphatic heterocycles. The third-order valence-electron chi connectivity index (χ3n) is 3.20. The molecule has 2 heterocycles. The van der Waals surface area contributed by atoms with Gasteiger partial charge in [-0.1, -0.05) is 5.16 Å². The van der Waals surface area contributed by atoms with Gasteiger partial charge in [0, 0.05) is 40.3 Å². The van der Waals surface area contributed by atoms with Crippen LogP contribution in [0.5, 0.6) is 0 Å². The first-order valence-corrected chi connectivity index (χ1v) is 5.93. The number of nitrogens with zero attached hydrogens (tertiary/aromatic N) is 2. The van der Waals surface area contributed by atoms with Crippen LogP contribution >= 0.6 is 0 Å². The molecule has 1 unspecified atom stereocenters. The predicted molar refractivity (Wildman–Crippen MR) is 61.8 cm³/mol. The van der Waals surface area contributed by atoms with E-state index in [-0.39, 0.29) is 0 Å². The Hall–Kier alpha value is -1.02. The normalized spacial score (nSPS) is 20.8. The van der Waals surface area contributed by atoms with Crippen LogP contribution in [0.2, 0.25) is 0 Å². The third-order valence-corrected chi connectivity index (χ3v) is 3.20. The standard InChI is InChI=1S/C11H19N3O4/c1-15-7-8(12)9-13-10(14-18-9)11(16-2)3-5-17-6-4-11/h8H,3-7,12H2,1-2H3. The number of hydrogen-bond acceptors (Lipinski definition) is 7. The molecule has 1 aliphatic rings. The van der Waals surface area contributed by atoms with Crippen molar-refractivity contribution in [3.63, 3.8) is 0 Å². The zero-order chi connectivity index (χ0) is 13.0. The predicted octanol–water partition coefficient (Wildman–Crippen LogP) is 0.368. The van der Waals surface area contributed by atoms with E-state index in [9.17, 15) is 0 Å². The molecule has 2 rings (SSSR count). The SMILES string of the molecule is COCC(N)c1nc(C2(OC)CCOCC2)no1. The molecule has 0 saturated carbocycles. The van der Waals surface area contributed by atoms with Gasteiger partial charge in [-0.15, -0.1) is 0 Å².